The van der Waals surface area contributed by atoms with Crippen LogP contribution >= 0.6 is 11.6 Å². The first kappa shape index (κ1) is 13.6. The molecule has 4 heteroatoms. The molecule has 0 N–H and O–H groups in total. The van der Waals surface area contributed by atoms with Gasteiger partial charge < -0.3 is 0 Å². The molecular formula is C15H14ClNO2. The number of hydrogen-bond donors (Lipinski definition) is 0. The quantitative estimate of drug-likeness (QED) is 0.582. The summed E-state index contributed by atoms with van der Waals surface area (Å²) in [5.41, 5.74) is 2.85. The molecule has 2 aromatic rings. The lowest BCUT2D eigenvalue weighted by Crippen LogP contribution is -1.90. The third kappa shape index (κ3) is 2.93. The van der Waals surface area contributed by atoms with Crippen LogP contribution in [0.3, 0.4) is 0 Å². The predicted octanol–water partition coefficient (Wildman–Crippen LogP) is 5.04. The number of nitrogens with zero attached hydrogens (tertiary/aromatic N) is 1. The maximum Gasteiger partial charge on any atom is 0.270 e. The number of benzene rings is 2. The average molecular weight is 276 g/mol. The van der Waals surface area contributed by atoms with E-state index in [0.29, 0.717) is 16.5 Å². The van der Waals surface area contributed by atoms with Gasteiger partial charge in [0, 0.05) is 22.7 Å². The van der Waals surface area contributed by atoms with Gasteiger partial charge in [-0.15, -0.1) is 0 Å². The van der Waals surface area contributed by atoms with Crippen molar-refractivity contribution < 1.29 is 4.92 Å². The first-order valence-electron chi connectivity index (χ1n) is 6.03. The summed E-state index contributed by atoms with van der Waals surface area (Å²) in [7, 11) is 0. The molecular weight excluding hydrogens is 262 g/mol. The molecule has 0 aromatic heterocycles. The van der Waals surface area contributed by atoms with Crippen molar-refractivity contribution in [3.63, 3.8) is 0 Å². The second kappa shape index (κ2) is 5.41. The van der Waals surface area contributed by atoms with Gasteiger partial charge in [-0.2, -0.15) is 0 Å². The first-order valence-corrected chi connectivity index (χ1v) is 6.41. The number of nitro benzene ring substituents is 1. The van der Waals surface area contributed by atoms with E-state index in [2.05, 4.69) is 13.8 Å². The topological polar surface area (TPSA) is 43.1 Å². The second-order valence-corrected chi connectivity index (χ2v) is 5.11. The van der Waals surface area contributed by atoms with Crippen LogP contribution in [-0.4, -0.2) is 4.92 Å². The Hall–Kier alpha value is -1.87. The molecule has 0 bridgehead atoms. The van der Waals surface area contributed by atoms with E-state index in [9.17, 15) is 10.1 Å². The monoisotopic (exact) mass is 275 g/mol. The minimum atomic E-state index is -0.414. The molecule has 2 aromatic carbocycles. The van der Waals surface area contributed by atoms with E-state index in [1.54, 1.807) is 6.07 Å². The van der Waals surface area contributed by atoms with Crippen LogP contribution in [0, 0.1) is 10.1 Å². The number of halogens is 1. The summed E-state index contributed by atoms with van der Waals surface area (Å²) in [6.45, 7) is 4.24. The van der Waals surface area contributed by atoms with Crippen molar-refractivity contribution in [2.45, 2.75) is 19.8 Å². The lowest BCUT2D eigenvalue weighted by atomic mass is 9.98. The molecule has 0 heterocycles. The van der Waals surface area contributed by atoms with E-state index >= 15 is 0 Å². The Morgan fingerprint density at radius 2 is 1.74 bits per heavy atom. The Morgan fingerprint density at radius 1 is 1.11 bits per heavy atom. The van der Waals surface area contributed by atoms with E-state index < -0.39 is 4.92 Å². The van der Waals surface area contributed by atoms with Gasteiger partial charge in [0.15, 0.2) is 0 Å². The van der Waals surface area contributed by atoms with E-state index in [-0.39, 0.29) is 5.69 Å². The van der Waals surface area contributed by atoms with Crippen molar-refractivity contribution in [1.29, 1.82) is 0 Å². The zero-order chi connectivity index (χ0) is 14.0. The van der Waals surface area contributed by atoms with Crippen molar-refractivity contribution in [3.8, 4) is 11.1 Å². The SMILES string of the molecule is CC(C)c1ccc(-c2cc([N+](=O)[O-])ccc2Cl)cc1. The number of rotatable bonds is 3. The fourth-order valence-corrected chi connectivity index (χ4v) is 2.12. The highest BCUT2D eigenvalue weighted by molar-refractivity contribution is 6.33. The Morgan fingerprint density at radius 3 is 2.26 bits per heavy atom. The molecule has 0 aliphatic heterocycles. The third-order valence-corrected chi connectivity index (χ3v) is 3.38. The first-order chi connectivity index (χ1) is 8.99. The molecule has 19 heavy (non-hydrogen) atoms. The Kier molecular flexibility index (Phi) is 3.86. The minimum absolute atomic E-state index is 0.0485. The molecule has 0 fully saturated rings. The van der Waals surface area contributed by atoms with Gasteiger partial charge in [0.25, 0.3) is 5.69 Å². The number of nitro groups is 1. The van der Waals surface area contributed by atoms with E-state index in [0.717, 1.165) is 5.56 Å². The molecule has 2 rings (SSSR count). The van der Waals surface area contributed by atoms with Crippen LogP contribution in [-0.2, 0) is 0 Å². The zero-order valence-corrected chi connectivity index (χ0v) is 11.5. The zero-order valence-electron chi connectivity index (χ0n) is 10.8. The number of non-ortho nitro benzene ring substituents is 1. The molecule has 0 aliphatic rings. The summed E-state index contributed by atoms with van der Waals surface area (Å²) in [5.74, 6) is 0.453. The Bertz CT molecular complexity index is 606. The molecule has 0 unspecified atom stereocenters. The van der Waals surface area contributed by atoms with E-state index in [4.69, 9.17) is 11.6 Å². The van der Waals surface area contributed by atoms with Crippen molar-refractivity contribution in [2.24, 2.45) is 0 Å². The number of hydrogen-bond acceptors (Lipinski definition) is 2. The lowest BCUT2D eigenvalue weighted by Gasteiger charge is -2.08. The average Bonchev–Trinajstić information content (AvgIpc) is 2.39. The van der Waals surface area contributed by atoms with Crippen LogP contribution in [0.25, 0.3) is 11.1 Å². The predicted molar refractivity (Wildman–Crippen MR) is 77.6 cm³/mol. The smallest absolute Gasteiger partial charge is 0.258 e. The van der Waals surface area contributed by atoms with Gasteiger partial charge in [0.05, 0.1) is 4.92 Å². The summed E-state index contributed by atoms with van der Waals surface area (Å²) in [4.78, 5) is 10.4. The van der Waals surface area contributed by atoms with E-state index in [1.807, 2.05) is 24.3 Å². The molecule has 0 amide bonds. The summed E-state index contributed by atoms with van der Waals surface area (Å²) in [5, 5.41) is 11.3. The maximum absolute atomic E-state index is 10.8. The molecule has 3 nitrogen and oxygen atoms in total. The van der Waals surface area contributed by atoms with Crippen molar-refractivity contribution in [1.82, 2.24) is 0 Å². The molecule has 0 spiro atoms. The highest BCUT2D eigenvalue weighted by atomic mass is 35.5. The fraction of sp³-hybridized carbons (Fsp3) is 0.200. The molecule has 0 atom stereocenters. The highest BCUT2D eigenvalue weighted by Crippen LogP contribution is 2.32. The summed E-state index contributed by atoms with van der Waals surface area (Å²) >= 11 is 6.12. The summed E-state index contributed by atoms with van der Waals surface area (Å²) < 4.78 is 0. The largest absolute Gasteiger partial charge is 0.270 e. The van der Waals surface area contributed by atoms with Gasteiger partial charge in [0.1, 0.15) is 0 Å². The molecule has 0 saturated carbocycles. The van der Waals surface area contributed by atoms with Crippen LogP contribution in [0.5, 0.6) is 0 Å². The normalized spacial score (nSPS) is 10.7. The van der Waals surface area contributed by atoms with Crippen LogP contribution in [0.15, 0.2) is 42.5 Å². The molecule has 0 saturated heterocycles. The molecule has 98 valence electrons. The molecule has 0 radical (unpaired) electrons. The van der Waals surface area contributed by atoms with Crippen LogP contribution in [0.2, 0.25) is 5.02 Å². The van der Waals surface area contributed by atoms with Gasteiger partial charge in [-0.25, -0.2) is 0 Å². The molecule has 0 aliphatic carbocycles. The van der Waals surface area contributed by atoms with Crippen molar-refractivity contribution >= 4 is 17.3 Å². The minimum Gasteiger partial charge on any atom is -0.258 e. The van der Waals surface area contributed by atoms with Gasteiger partial charge >= 0.3 is 0 Å². The van der Waals surface area contributed by atoms with Gasteiger partial charge in [0.2, 0.25) is 0 Å². The second-order valence-electron chi connectivity index (χ2n) is 4.70. The van der Waals surface area contributed by atoms with Crippen LogP contribution in [0.1, 0.15) is 25.3 Å². The fourth-order valence-electron chi connectivity index (χ4n) is 1.90. The lowest BCUT2D eigenvalue weighted by molar-refractivity contribution is -0.384. The third-order valence-electron chi connectivity index (χ3n) is 3.05. The van der Waals surface area contributed by atoms with Crippen LogP contribution in [0.4, 0.5) is 5.69 Å². The Labute approximate surface area is 117 Å². The van der Waals surface area contributed by atoms with Crippen LogP contribution < -0.4 is 0 Å². The highest BCUT2D eigenvalue weighted by Gasteiger charge is 2.11. The van der Waals surface area contributed by atoms with Gasteiger partial charge in [-0.05, 0) is 23.1 Å². The van der Waals surface area contributed by atoms with Gasteiger partial charge in [-0.1, -0.05) is 49.7 Å². The summed E-state index contributed by atoms with van der Waals surface area (Å²) in [6.07, 6.45) is 0. The van der Waals surface area contributed by atoms with Crippen molar-refractivity contribution in [2.75, 3.05) is 0 Å². The Balaban J connectivity index is 2.46. The van der Waals surface area contributed by atoms with Gasteiger partial charge in [-0.3, -0.25) is 10.1 Å². The van der Waals surface area contributed by atoms with Crippen molar-refractivity contribution in [3.05, 3.63) is 63.2 Å². The summed E-state index contributed by atoms with van der Waals surface area (Å²) in [6, 6.07) is 12.4. The standard InChI is InChI=1S/C15H14ClNO2/c1-10(2)11-3-5-12(6-4-11)14-9-13(17(18)19)7-8-15(14)16/h3-10H,1-2H3. The van der Waals surface area contributed by atoms with E-state index in [1.165, 1.54) is 17.7 Å². The maximum atomic E-state index is 10.8.